The summed E-state index contributed by atoms with van der Waals surface area (Å²) < 4.78 is 27.9. The molecule has 0 unspecified atom stereocenters. The van der Waals surface area contributed by atoms with E-state index in [2.05, 4.69) is 32.3 Å². The van der Waals surface area contributed by atoms with Gasteiger partial charge in [0.25, 0.3) is 0 Å². The predicted octanol–water partition coefficient (Wildman–Crippen LogP) is 5.62. The van der Waals surface area contributed by atoms with Gasteiger partial charge in [-0.05, 0) is 71.6 Å². The van der Waals surface area contributed by atoms with Crippen LogP contribution in [0.3, 0.4) is 0 Å². The summed E-state index contributed by atoms with van der Waals surface area (Å²) >= 11 is 0. The lowest BCUT2D eigenvalue weighted by Crippen LogP contribution is -2.56. The number of allylic oxidation sites excluding steroid dienone is 1. The monoisotopic (exact) mass is 636 g/mol. The number of methoxy groups -OCH3 is 3. The van der Waals surface area contributed by atoms with Gasteiger partial charge in [0.1, 0.15) is 23.4 Å². The SMILES string of the molecule is C=CCC(C)(C)CCOC(=O)N[C@H](C(=O)N1C[C@](OC)(c2ccc3cc(OC)c(C=C)cc3c2)C[C@H]1C(=O)OC)C1CCOCC1. The molecule has 0 radical (unpaired) electrons. The lowest BCUT2D eigenvalue weighted by Gasteiger charge is -2.34. The Morgan fingerprint density at radius 2 is 1.85 bits per heavy atom. The zero-order chi connectivity index (χ0) is 33.5. The van der Waals surface area contributed by atoms with Gasteiger partial charge >= 0.3 is 12.1 Å². The second kappa shape index (κ2) is 15.1. The highest BCUT2D eigenvalue weighted by molar-refractivity contribution is 5.91. The number of fused-ring (bicyclic) bond motifs is 1. The fourth-order valence-electron chi connectivity index (χ4n) is 6.53. The average molecular weight is 637 g/mol. The smallest absolute Gasteiger partial charge is 0.407 e. The van der Waals surface area contributed by atoms with Crippen molar-refractivity contribution >= 4 is 34.8 Å². The van der Waals surface area contributed by atoms with Crippen LogP contribution >= 0.6 is 0 Å². The number of nitrogens with zero attached hydrogens (tertiary/aromatic N) is 1. The van der Waals surface area contributed by atoms with Crippen molar-refractivity contribution < 1.29 is 38.1 Å². The fraction of sp³-hybridized carbons (Fsp3) is 0.528. The molecule has 2 fully saturated rings. The van der Waals surface area contributed by atoms with Gasteiger partial charge in [-0.25, -0.2) is 9.59 Å². The molecule has 2 aliphatic heterocycles. The van der Waals surface area contributed by atoms with Gasteiger partial charge in [-0.15, -0.1) is 6.58 Å². The van der Waals surface area contributed by atoms with Crippen molar-refractivity contribution in [2.75, 3.05) is 47.7 Å². The molecule has 0 spiro atoms. The average Bonchev–Trinajstić information content (AvgIpc) is 3.47. The molecule has 2 aromatic rings. The number of hydrogen-bond acceptors (Lipinski definition) is 8. The summed E-state index contributed by atoms with van der Waals surface area (Å²) in [5.41, 5.74) is 0.571. The summed E-state index contributed by atoms with van der Waals surface area (Å²) in [5.74, 6) is -0.422. The number of amides is 2. The Hall–Kier alpha value is -3.89. The van der Waals surface area contributed by atoms with Crippen LogP contribution in [-0.2, 0) is 34.1 Å². The molecule has 2 aliphatic rings. The number of esters is 1. The second-order valence-corrected chi connectivity index (χ2v) is 12.9. The van der Waals surface area contributed by atoms with Crippen LogP contribution in [0.4, 0.5) is 4.79 Å². The van der Waals surface area contributed by atoms with Gasteiger partial charge in [0.05, 0.1) is 27.4 Å². The minimum Gasteiger partial charge on any atom is -0.496 e. The van der Waals surface area contributed by atoms with Crippen LogP contribution < -0.4 is 10.1 Å². The van der Waals surface area contributed by atoms with Gasteiger partial charge in [0.2, 0.25) is 5.91 Å². The Labute approximate surface area is 272 Å². The quantitative estimate of drug-likeness (QED) is 0.223. The second-order valence-electron chi connectivity index (χ2n) is 12.9. The van der Waals surface area contributed by atoms with Crippen molar-refractivity contribution in [2.24, 2.45) is 11.3 Å². The number of ether oxygens (including phenoxy) is 5. The Bertz CT molecular complexity index is 1430. The summed E-state index contributed by atoms with van der Waals surface area (Å²) in [7, 11) is 4.50. The van der Waals surface area contributed by atoms with Crippen LogP contribution in [0.5, 0.6) is 5.75 Å². The van der Waals surface area contributed by atoms with Gasteiger partial charge in [0.15, 0.2) is 0 Å². The number of benzene rings is 2. The van der Waals surface area contributed by atoms with Crippen molar-refractivity contribution in [1.29, 1.82) is 0 Å². The molecule has 10 heteroatoms. The molecule has 0 bridgehead atoms. The Balaban J connectivity index is 1.63. The molecule has 2 aromatic carbocycles. The molecule has 2 saturated heterocycles. The predicted molar refractivity (Wildman–Crippen MR) is 176 cm³/mol. The molecule has 0 aliphatic carbocycles. The maximum absolute atomic E-state index is 14.4. The van der Waals surface area contributed by atoms with Crippen LogP contribution in [0.15, 0.2) is 49.6 Å². The molecular weight excluding hydrogens is 588 g/mol. The molecule has 2 heterocycles. The minimum absolute atomic E-state index is 0.0766. The highest BCUT2D eigenvalue weighted by atomic mass is 16.5. The van der Waals surface area contributed by atoms with E-state index in [0.717, 1.165) is 28.3 Å². The van der Waals surface area contributed by atoms with E-state index in [1.807, 2.05) is 36.4 Å². The van der Waals surface area contributed by atoms with Crippen molar-refractivity contribution in [1.82, 2.24) is 10.2 Å². The molecular formula is C36H48N2O8. The third-order valence-corrected chi connectivity index (χ3v) is 9.39. The summed E-state index contributed by atoms with van der Waals surface area (Å²) in [5, 5.41) is 4.75. The number of nitrogens with one attached hydrogen (secondary N) is 1. The highest BCUT2D eigenvalue weighted by Gasteiger charge is 2.52. The number of rotatable bonds is 13. The fourth-order valence-corrected chi connectivity index (χ4v) is 6.53. The van der Waals surface area contributed by atoms with Crippen molar-refractivity contribution in [3.8, 4) is 5.75 Å². The highest BCUT2D eigenvalue weighted by Crippen LogP contribution is 2.42. The van der Waals surface area contributed by atoms with Crippen LogP contribution in [-0.4, -0.2) is 82.6 Å². The first-order valence-electron chi connectivity index (χ1n) is 15.8. The minimum atomic E-state index is -1.01. The Morgan fingerprint density at radius 1 is 1.11 bits per heavy atom. The standard InChI is InChI=1S/C36H48N2O8/c1-8-14-35(3,4)15-18-46-34(41)37-31(25-12-16-45-17-13-25)32(39)38-23-36(44-7,22-29(38)33(40)43-6)28-11-10-26-21-30(42-5)24(9-2)19-27(26)20-28/h8-11,19-21,25,29,31H,1-2,12-18,22-23H2,3-7H3,(H,37,41)/t29-,31-,36-/m0/s1. The van der Waals surface area contributed by atoms with E-state index in [4.69, 9.17) is 23.7 Å². The molecule has 0 saturated carbocycles. The van der Waals surface area contributed by atoms with E-state index in [0.29, 0.717) is 38.2 Å². The van der Waals surface area contributed by atoms with Crippen molar-refractivity contribution in [3.05, 3.63) is 60.7 Å². The van der Waals surface area contributed by atoms with Crippen LogP contribution in [0, 0.1) is 11.3 Å². The van der Waals surface area contributed by atoms with Gasteiger partial charge in [-0.1, -0.05) is 44.7 Å². The molecule has 10 nitrogen and oxygen atoms in total. The number of carbonyl (C=O) groups is 3. The first-order valence-corrected chi connectivity index (χ1v) is 15.8. The maximum Gasteiger partial charge on any atom is 0.407 e. The van der Waals surface area contributed by atoms with E-state index in [1.54, 1.807) is 20.3 Å². The van der Waals surface area contributed by atoms with E-state index >= 15 is 0 Å². The number of hydrogen-bond donors (Lipinski definition) is 1. The van der Waals surface area contributed by atoms with Crippen LogP contribution in [0.1, 0.15) is 57.1 Å². The van der Waals surface area contributed by atoms with E-state index in [1.165, 1.54) is 12.0 Å². The van der Waals surface area contributed by atoms with Gasteiger partial charge in [-0.2, -0.15) is 0 Å². The number of alkyl carbamates (subject to hydrolysis) is 1. The lowest BCUT2D eigenvalue weighted by molar-refractivity contribution is -0.152. The van der Waals surface area contributed by atoms with Gasteiger partial charge in [-0.3, -0.25) is 4.79 Å². The molecule has 0 aromatic heterocycles. The van der Waals surface area contributed by atoms with Crippen LogP contribution in [0.25, 0.3) is 16.8 Å². The molecule has 46 heavy (non-hydrogen) atoms. The number of likely N-dealkylation sites (tertiary alicyclic amines) is 1. The number of carbonyl (C=O) groups excluding carboxylic acids is 3. The third kappa shape index (κ3) is 7.73. The maximum atomic E-state index is 14.4. The zero-order valence-electron chi connectivity index (χ0n) is 27.8. The molecule has 3 atom stereocenters. The third-order valence-electron chi connectivity index (χ3n) is 9.39. The van der Waals surface area contributed by atoms with E-state index in [-0.39, 0.29) is 36.8 Å². The first-order chi connectivity index (χ1) is 22.0. The molecule has 4 rings (SSSR count). The summed E-state index contributed by atoms with van der Waals surface area (Å²) in [6.45, 7) is 13.1. The molecule has 2 amide bonds. The van der Waals surface area contributed by atoms with Crippen molar-refractivity contribution in [3.63, 3.8) is 0 Å². The van der Waals surface area contributed by atoms with Gasteiger partial charge in [0, 0.05) is 32.3 Å². The van der Waals surface area contributed by atoms with Gasteiger partial charge < -0.3 is 33.9 Å². The zero-order valence-corrected chi connectivity index (χ0v) is 27.8. The van der Waals surface area contributed by atoms with Crippen LogP contribution in [0.2, 0.25) is 0 Å². The summed E-state index contributed by atoms with van der Waals surface area (Å²) in [6.07, 6.45) is 5.67. The lowest BCUT2D eigenvalue weighted by atomic mass is 9.86. The van der Waals surface area contributed by atoms with E-state index in [9.17, 15) is 14.4 Å². The van der Waals surface area contributed by atoms with E-state index < -0.39 is 29.7 Å². The first kappa shape index (κ1) is 35.0. The topological polar surface area (TPSA) is 113 Å². The summed E-state index contributed by atoms with van der Waals surface area (Å²) in [6, 6.07) is 8.01. The van der Waals surface area contributed by atoms with Crippen molar-refractivity contribution in [2.45, 2.75) is 63.6 Å². The Kier molecular flexibility index (Phi) is 11.5. The largest absolute Gasteiger partial charge is 0.496 e. The Morgan fingerprint density at radius 3 is 2.48 bits per heavy atom. The normalized spacial score (nSPS) is 21.0. The summed E-state index contributed by atoms with van der Waals surface area (Å²) in [4.78, 5) is 42.2. The molecule has 250 valence electrons. The molecule has 1 N–H and O–H groups in total.